The first-order valence-corrected chi connectivity index (χ1v) is 6.48. The molecule has 0 amide bonds. The summed E-state index contributed by atoms with van der Waals surface area (Å²) in [6.07, 6.45) is 0.903. The van der Waals surface area contributed by atoms with Gasteiger partial charge in [-0.05, 0) is 26.1 Å². The molecule has 4 heteroatoms. The second kappa shape index (κ2) is 5.29. The average Bonchev–Trinajstić information content (AvgIpc) is 2.78. The maximum absolute atomic E-state index is 9.76. The number of thiazole rings is 1. The molecule has 17 heavy (non-hydrogen) atoms. The number of hydrogen-bond donors (Lipinski definition) is 2. The molecule has 2 rings (SSSR count). The van der Waals surface area contributed by atoms with Gasteiger partial charge >= 0.3 is 0 Å². The van der Waals surface area contributed by atoms with Gasteiger partial charge in [-0.3, -0.25) is 0 Å². The molecule has 1 aromatic carbocycles. The van der Waals surface area contributed by atoms with E-state index in [0.29, 0.717) is 6.04 Å². The maximum Gasteiger partial charge on any atom is 0.127 e. The van der Waals surface area contributed by atoms with Crippen molar-refractivity contribution in [2.75, 3.05) is 7.05 Å². The Hall–Kier alpha value is -1.39. The molecule has 1 unspecified atom stereocenters. The average molecular weight is 248 g/mol. The van der Waals surface area contributed by atoms with Crippen LogP contribution in [-0.2, 0) is 6.42 Å². The van der Waals surface area contributed by atoms with E-state index in [1.54, 1.807) is 17.4 Å². The molecule has 0 fully saturated rings. The summed E-state index contributed by atoms with van der Waals surface area (Å²) in [4.78, 5) is 4.55. The van der Waals surface area contributed by atoms with Crippen molar-refractivity contribution in [2.24, 2.45) is 0 Å². The molecule has 1 heterocycles. The number of benzene rings is 1. The van der Waals surface area contributed by atoms with Crippen molar-refractivity contribution in [3.63, 3.8) is 0 Å². The first-order valence-electron chi connectivity index (χ1n) is 5.60. The summed E-state index contributed by atoms with van der Waals surface area (Å²) < 4.78 is 0. The summed E-state index contributed by atoms with van der Waals surface area (Å²) >= 11 is 1.57. The number of para-hydroxylation sites is 1. The fourth-order valence-electron chi connectivity index (χ4n) is 1.59. The lowest BCUT2D eigenvalue weighted by molar-refractivity contribution is 0.477. The molecular formula is C13H16N2OS. The van der Waals surface area contributed by atoms with E-state index in [4.69, 9.17) is 0 Å². The number of likely N-dealkylation sites (N-methyl/N-ethyl adjacent to an activating group) is 1. The van der Waals surface area contributed by atoms with Gasteiger partial charge in [0.05, 0.1) is 11.3 Å². The Morgan fingerprint density at radius 1 is 1.41 bits per heavy atom. The molecule has 0 saturated carbocycles. The van der Waals surface area contributed by atoms with Crippen molar-refractivity contribution in [1.29, 1.82) is 0 Å². The molecule has 2 N–H and O–H groups in total. The van der Waals surface area contributed by atoms with E-state index in [2.05, 4.69) is 22.6 Å². The zero-order valence-corrected chi connectivity index (χ0v) is 10.8. The molecule has 90 valence electrons. The van der Waals surface area contributed by atoms with Crippen molar-refractivity contribution in [3.05, 3.63) is 35.3 Å². The van der Waals surface area contributed by atoms with Crippen LogP contribution < -0.4 is 5.32 Å². The highest BCUT2D eigenvalue weighted by Crippen LogP contribution is 2.31. The van der Waals surface area contributed by atoms with Crippen molar-refractivity contribution in [3.8, 4) is 16.3 Å². The van der Waals surface area contributed by atoms with Crippen LogP contribution >= 0.6 is 11.3 Å². The van der Waals surface area contributed by atoms with Crippen LogP contribution in [0.1, 0.15) is 12.6 Å². The SMILES string of the molecule is CNC(C)Cc1csc(-c2ccccc2O)n1. The lowest BCUT2D eigenvalue weighted by atomic mass is 10.2. The van der Waals surface area contributed by atoms with Crippen LogP contribution in [0.15, 0.2) is 29.6 Å². The van der Waals surface area contributed by atoms with Crippen LogP contribution in [-0.4, -0.2) is 23.2 Å². The standard InChI is InChI=1S/C13H16N2OS/c1-9(14-2)7-10-8-17-13(15-10)11-5-3-4-6-12(11)16/h3-6,8-9,14,16H,7H2,1-2H3. The number of phenols is 1. The Kier molecular flexibility index (Phi) is 3.76. The Morgan fingerprint density at radius 2 is 2.18 bits per heavy atom. The highest BCUT2D eigenvalue weighted by Gasteiger charge is 2.09. The van der Waals surface area contributed by atoms with Crippen molar-refractivity contribution >= 4 is 11.3 Å². The zero-order chi connectivity index (χ0) is 12.3. The first kappa shape index (κ1) is 12.1. The second-order valence-electron chi connectivity index (χ2n) is 4.05. The lowest BCUT2D eigenvalue weighted by Crippen LogP contribution is -2.23. The molecule has 2 aromatic rings. The van der Waals surface area contributed by atoms with Gasteiger partial charge in [-0.2, -0.15) is 0 Å². The van der Waals surface area contributed by atoms with Gasteiger partial charge in [0.15, 0.2) is 0 Å². The topological polar surface area (TPSA) is 45.1 Å². The maximum atomic E-state index is 9.76. The molecule has 0 radical (unpaired) electrons. The molecule has 1 aromatic heterocycles. The largest absolute Gasteiger partial charge is 0.507 e. The summed E-state index contributed by atoms with van der Waals surface area (Å²) in [6.45, 7) is 2.12. The van der Waals surface area contributed by atoms with Crippen molar-refractivity contribution in [2.45, 2.75) is 19.4 Å². The Labute approximate surface area is 105 Å². The van der Waals surface area contributed by atoms with Crippen LogP contribution in [0.25, 0.3) is 10.6 Å². The predicted octanol–water partition coefficient (Wildman–Crippen LogP) is 2.67. The number of aromatic nitrogens is 1. The number of phenolic OH excluding ortho intramolecular Hbond substituents is 1. The van der Waals surface area contributed by atoms with Gasteiger partial charge in [-0.1, -0.05) is 12.1 Å². The van der Waals surface area contributed by atoms with Gasteiger partial charge in [0.25, 0.3) is 0 Å². The third-order valence-corrected chi connectivity index (χ3v) is 3.62. The number of nitrogens with zero attached hydrogens (tertiary/aromatic N) is 1. The van der Waals surface area contributed by atoms with Gasteiger partial charge < -0.3 is 10.4 Å². The molecule has 0 bridgehead atoms. The molecular weight excluding hydrogens is 232 g/mol. The third-order valence-electron chi connectivity index (χ3n) is 2.69. The van der Waals surface area contributed by atoms with E-state index >= 15 is 0 Å². The molecule has 3 nitrogen and oxygen atoms in total. The van der Waals surface area contributed by atoms with Gasteiger partial charge in [-0.25, -0.2) is 4.98 Å². The van der Waals surface area contributed by atoms with Crippen LogP contribution in [0.4, 0.5) is 0 Å². The number of hydrogen-bond acceptors (Lipinski definition) is 4. The second-order valence-corrected chi connectivity index (χ2v) is 4.91. The monoisotopic (exact) mass is 248 g/mol. The minimum atomic E-state index is 0.287. The van der Waals surface area contributed by atoms with Crippen LogP contribution in [0.5, 0.6) is 5.75 Å². The van der Waals surface area contributed by atoms with Crippen LogP contribution in [0.2, 0.25) is 0 Å². The van der Waals surface area contributed by atoms with Crippen molar-refractivity contribution < 1.29 is 5.11 Å². The van der Waals surface area contributed by atoms with Gasteiger partial charge in [0, 0.05) is 17.8 Å². The number of rotatable bonds is 4. The zero-order valence-electron chi connectivity index (χ0n) is 9.97. The quantitative estimate of drug-likeness (QED) is 0.874. The summed E-state index contributed by atoms with van der Waals surface area (Å²) in [5.41, 5.74) is 1.87. The third kappa shape index (κ3) is 2.84. The van der Waals surface area contributed by atoms with Gasteiger partial charge in [0.1, 0.15) is 10.8 Å². The van der Waals surface area contributed by atoms with E-state index in [1.165, 1.54) is 0 Å². The molecule has 0 aliphatic rings. The minimum absolute atomic E-state index is 0.287. The van der Waals surface area contributed by atoms with E-state index in [-0.39, 0.29) is 5.75 Å². The normalized spacial score (nSPS) is 12.6. The molecule has 0 saturated heterocycles. The summed E-state index contributed by atoms with van der Waals surface area (Å²) in [7, 11) is 1.95. The summed E-state index contributed by atoms with van der Waals surface area (Å²) in [5.74, 6) is 0.287. The Morgan fingerprint density at radius 3 is 2.88 bits per heavy atom. The predicted molar refractivity (Wildman–Crippen MR) is 71.4 cm³/mol. The van der Waals surface area contributed by atoms with Gasteiger partial charge in [-0.15, -0.1) is 11.3 Å². The number of aromatic hydroxyl groups is 1. The van der Waals surface area contributed by atoms with Crippen LogP contribution in [0, 0.1) is 0 Å². The Bertz CT molecular complexity index is 496. The van der Waals surface area contributed by atoms with E-state index in [1.807, 2.05) is 25.2 Å². The van der Waals surface area contributed by atoms with Gasteiger partial charge in [0.2, 0.25) is 0 Å². The minimum Gasteiger partial charge on any atom is -0.507 e. The highest BCUT2D eigenvalue weighted by molar-refractivity contribution is 7.13. The summed E-state index contributed by atoms with van der Waals surface area (Å²) in [6, 6.07) is 7.71. The fourth-order valence-corrected chi connectivity index (χ4v) is 2.46. The molecule has 0 aliphatic carbocycles. The molecule has 0 spiro atoms. The van der Waals surface area contributed by atoms with Crippen LogP contribution in [0.3, 0.4) is 0 Å². The molecule has 1 atom stereocenters. The van der Waals surface area contributed by atoms with E-state index in [0.717, 1.165) is 22.7 Å². The van der Waals surface area contributed by atoms with Crippen molar-refractivity contribution in [1.82, 2.24) is 10.3 Å². The summed E-state index contributed by atoms with van der Waals surface area (Å²) in [5, 5.41) is 15.9. The number of nitrogens with one attached hydrogen (secondary N) is 1. The van der Waals surface area contributed by atoms with E-state index < -0.39 is 0 Å². The highest BCUT2D eigenvalue weighted by atomic mass is 32.1. The smallest absolute Gasteiger partial charge is 0.127 e. The fraction of sp³-hybridized carbons (Fsp3) is 0.308. The van der Waals surface area contributed by atoms with E-state index in [9.17, 15) is 5.11 Å². The lowest BCUT2D eigenvalue weighted by Gasteiger charge is -2.06. The molecule has 0 aliphatic heterocycles. The Balaban J connectivity index is 2.21. The first-order chi connectivity index (χ1) is 8.20.